The van der Waals surface area contributed by atoms with E-state index in [0.717, 1.165) is 6.42 Å². The minimum absolute atomic E-state index is 0.170. The summed E-state index contributed by atoms with van der Waals surface area (Å²) in [5.41, 5.74) is 1.73. The fourth-order valence-electron chi connectivity index (χ4n) is 3.49. The largest absolute Gasteiger partial charge is 0.395 e. The third-order valence-corrected chi connectivity index (χ3v) is 4.33. The molecule has 0 aromatic heterocycles. The number of benzene rings is 1. The van der Waals surface area contributed by atoms with Crippen molar-refractivity contribution in [3.8, 4) is 0 Å². The Morgan fingerprint density at radius 3 is 2.47 bits per heavy atom. The molecule has 19 heavy (non-hydrogen) atoms. The molecule has 0 bridgehead atoms. The number of nitrogens with one attached hydrogen (secondary N) is 1. The standard InChI is InChI=1S/C17H27NO/c1-13-10-17(2,3)11-16(13)18-15(12-19)9-14-7-5-4-6-8-14/h4-8,13,15-16,18-19H,9-12H2,1-3H3/t13?,15-,16?/m1/s1. The Labute approximate surface area is 117 Å². The summed E-state index contributed by atoms with van der Waals surface area (Å²) in [5.74, 6) is 0.694. The van der Waals surface area contributed by atoms with Crippen LogP contribution < -0.4 is 5.32 Å². The first kappa shape index (κ1) is 14.5. The van der Waals surface area contributed by atoms with Crippen molar-refractivity contribution in [1.82, 2.24) is 5.32 Å². The fraction of sp³-hybridized carbons (Fsp3) is 0.647. The molecule has 2 N–H and O–H groups in total. The van der Waals surface area contributed by atoms with Gasteiger partial charge in [0, 0.05) is 12.1 Å². The average molecular weight is 261 g/mol. The second-order valence-electron chi connectivity index (χ2n) is 6.89. The van der Waals surface area contributed by atoms with Crippen LogP contribution in [0.15, 0.2) is 30.3 Å². The van der Waals surface area contributed by atoms with E-state index in [9.17, 15) is 5.11 Å². The Kier molecular flexibility index (Phi) is 4.64. The van der Waals surface area contributed by atoms with Crippen LogP contribution in [0.4, 0.5) is 0 Å². The molecule has 0 saturated heterocycles. The monoisotopic (exact) mass is 261 g/mol. The summed E-state index contributed by atoms with van der Waals surface area (Å²) < 4.78 is 0. The summed E-state index contributed by atoms with van der Waals surface area (Å²) >= 11 is 0. The van der Waals surface area contributed by atoms with E-state index in [4.69, 9.17) is 0 Å². The van der Waals surface area contributed by atoms with Crippen LogP contribution in [0.25, 0.3) is 0 Å². The summed E-state index contributed by atoms with van der Waals surface area (Å²) in [5, 5.41) is 13.3. The molecular formula is C17H27NO. The Balaban J connectivity index is 1.93. The molecule has 0 aliphatic heterocycles. The van der Waals surface area contributed by atoms with Crippen LogP contribution in [0.1, 0.15) is 39.2 Å². The smallest absolute Gasteiger partial charge is 0.0587 e. The zero-order chi connectivity index (χ0) is 13.9. The maximum absolute atomic E-state index is 9.60. The van der Waals surface area contributed by atoms with Crippen LogP contribution in [0, 0.1) is 11.3 Å². The molecule has 1 saturated carbocycles. The first-order valence-electron chi connectivity index (χ1n) is 7.41. The predicted octanol–water partition coefficient (Wildman–Crippen LogP) is 3.00. The fourth-order valence-corrected chi connectivity index (χ4v) is 3.49. The van der Waals surface area contributed by atoms with Crippen molar-refractivity contribution in [1.29, 1.82) is 0 Å². The number of hydrogen-bond acceptors (Lipinski definition) is 2. The maximum Gasteiger partial charge on any atom is 0.0587 e. The summed E-state index contributed by atoms with van der Waals surface area (Å²) in [4.78, 5) is 0. The lowest BCUT2D eigenvalue weighted by atomic mass is 9.91. The highest BCUT2D eigenvalue weighted by Gasteiger charge is 2.37. The topological polar surface area (TPSA) is 32.3 Å². The third kappa shape index (κ3) is 4.05. The van der Waals surface area contributed by atoms with Crippen molar-refractivity contribution >= 4 is 0 Å². The lowest BCUT2D eigenvalue weighted by Gasteiger charge is -2.25. The van der Waals surface area contributed by atoms with E-state index < -0.39 is 0 Å². The maximum atomic E-state index is 9.60. The second kappa shape index (κ2) is 6.06. The van der Waals surface area contributed by atoms with Crippen molar-refractivity contribution in [2.45, 2.75) is 52.1 Å². The average Bonchev–Trinajstić information content (AvgIpc) is 2.62. The van der Waals surface area contributed by atoms with Crippen molar-refractivity contribution in [2.24, 2.45) is 11.3 Å². The quantitative estimate of drug-likeness (QED) is 0.854. The van der Waals surface area contributed by atoms with Gasteiger partial charge in [0.1, 0.15) is 0 Å². The second-order valence-corrected chi connectivity index (χ2v) is 6.89. The minimum atomic E-state index is 0.170. The highest BCUT2D eigenvalue weighted by Crippen LogP contribution is 2.41. The van der Waals surface area contributed by atoms with Gasteiger partial charge in [-0.25, -0.2) is 0 Å². The van der Waals surface area contributed by atoms with Gasteiger partial charge in [-0.05, 0) is 36.2 Å². The van der Waals surface area contributed by atoms with Crippen molar-refractivity contribution in [3.63, 3.8) is 0 Å². The molecule has 0 radical (unpaired) electrons. The van der Waals surface area contributed by atoms with Gasteiger partial charge in [0.15, 0.2) is 0 Å². The zero-order valence-electron chi connectivity index (χ0n) is 12.4. The molecule has 0 amide bonds. The molecule has 106 valence electrons. The van der Waals surface area contributed by atoms with Crippen molar-refractivity contribution < 1.29 is 5.11 Å². The lowest BCUT2D eigenvalue weighted by Crippen LogP contribution is -2.43. The van der Waals surface area contributed by atoms with E-state index in [-0.39, 0.29) is 12.6 Å². The van der Waals surface area contributed by atoms with E-state index in [2.05, 4.69) is 50.4 Å². The van der Waals surface area contributed by atoms with Crippen LogP contribution in [-0.4, -0.2) is 23.8 Å². The molecule has 1 aromatic carbocycles. The van der Waals surface area contributed by atoms with Crippen LogP contribution in [-0.2, 0) is 6.42 Å². The molecule has 1 aliphatic carbocycles. The van der Waals surface area contributed by atoms with E-state index in [0.29, 0.717) is 17.4 Å². The summed E-state index contributed by atoms with van der Waals surface area (Å²) in [7, 11) is 0. The van der Waals surface area contributed by atoms with Gasteiger partial charge in [-0.2, -0.15) is 0 Å². The number of aliphatic hydroxyl groups is 1. The van der Waals surface area contributed by atoms with Crippen molar-refractivity contribution in [3.05, 3.63) is 35.9 Å². The molecule has 2 rings (SSSR count). The molecule has 2 heteroatoms. The Bertz CT molecular complexity index is 388. The molecular weight excluding hydrogens is 234 g/mol. The molecule has 3 atom stereocenters. The Hall–Kier alpha value is -0.860. The predicted molar refractivity (Wildman–Crippen MR) is 80.1 cm³/mol. The number of aliphatic hydroxyl groups excluding tert-OH is 1. The van der Waals surface area contributed by atoms with Gasteiger partial charge in [0.05, 0.1) is 6.61 Å². The van der Waals surface area contributed by atoms with E-state index in [1.54, 1.807) is 0 Å². The van der Waals surface area contributed by atoms with E-state index in [1.807, 2.05) is 6.07 Å². The molecule has 0 spiro atoms. The van der Waals surface area contributed by atoms with Gasteiger partial charge < -0.3 is 10.4 Å². The zero-order valence-corrected chi connectivity index (χ0v) is 12.4. The van der Waals surface area contributed by atoms with Gasteiger partial charge in [-0.15, -0.1) is 0 Å². The van der Waals surface area contributed by atoms with Gasteiger partial charge >= 0.3 is 0 Å². The molecule has 2 nitrogen and oxygen atoms in total. The first-order valence-corrected chi connectivity index (χ1v) is 7.41. The summed E-state index contributed by atoms with van der Waals surface area (Å²) in [6.07, 6.45) is 3.38. The Morgan fingerprint density at radius 1 is 1.26 bits per heavy atom. The van der Waals surface area contributed by atoms with Gasteiger partial charge in [-0.3, -0.25) is 0 Å². The van der Waals surface area contributed by atoms with Crippen molar-refractivity contribution in [2.75, 3.05) is 6.61 Å². The van der Waals surface area contributed by atoms with Gasteiger partial charge in [0.25, 0.3) is 0 Å². The first-order chi connectivity index (χ1) is 9.00. The minimum Gasteiger partial charge on any atom is -0.395 e. The molecule has 1 aromatic rings. The van der Waals surface area contributed by atoms with Gasteiger partial charge in [-0.1, -0.05) is 51.1 Å². The van der Waals surface area contributed by atoms with Gasteiger partial charge in [0.2, 0.25) is 0 Å². The highest BCUT2D eigenvalue weighted by atomic mass is 16.3. The SMILES string of the molecule is CC1CC(C)(C)CC1N[C@@H](CO)Cc1ccccc1. The normalized spacial score (nSPS) is 27.4. The molecule has 2 unspecified atom stereocenters. The lowest BCUT2D eigenvalue weighted by molar-refractivity contribution is 0.220. The van der Waals surface area contributed by atoms with Crippen LogP contribution in [0.5, 0.6) is 0 Å². The number of hydrogen-bond donors (Lipinski definition) is 2. The summed E-state index contributed by atoms with van der Waals surface area (Å²) in [6, 6.07) is 11.1. The Morgan fingerprint density at radius 2 is 1.95 bits per heavy atom. The highest BCUT2D eigenvalue weighted by molar-refractivity contribution is 5.16. The molecule has 1 aliphatic rings. The van der Waals surface area contributed by atoms with Crippen LogP contribution in [0.2, 0.25) is 0 Å². The van der Waals surface area contributed by atoms with E-state index in [1.165, 1.54) is 18.4 Å². The summed E-state index contributed by atoms with van der Waals surface area (Å²) in [6.45, 7) is 7.22. The number of rotatable bonds is 5. The molecule has 1 fully saturated rings. The third-order valence-electron chi connectivity index (χ3n) is 4.33. The molecule has 0 heterocycles. The van der Waals surface area contributed by atoms with Crippen LogP contribution >= 0.6 is 0 Å². The van der Waals surface area contributed by atoms with Crippen LogP contribution in [0.3, 0.4) is 0 Å². The van der Waals surface area contributed by atoms with E-state index >= 15 is 0 Å².